The Morgan fingerprint density at radius 2 is 1.56 bits per heavy atom. The number of hydrogen-bond donors (Lipinski definition) is 0. The summed E-state index contributed by atoms with van der Waals surface area (Å²) in [6.45, 7) is 0. The molecule has 0 bridgehead atoms. The van der Waals surface area contributed by atoms with Crippen LogP contribution in [0.1, 0.15) is 0 Å². The first-order valence-corrected chi connectivity index (χ1v) is 5.20. The van der Waals surface area contributed by atoms with Crippen LogP contribution in [0.25, 0.3) is 11.1 Å². The van der Waals surface area contributed by atoms with Gasteiger partial charge in [-0.1, -0.05) is 30.3 Å². The normalized spacial score (nSPS) is 9.11. The molecule has 0 heterocycles. The predicted molar refractivity (Wildman–Crippen MR) is 67.4 cm³/mol. The second-order valence-corrected chi connectivity index (χ2v) is 3.47. The van der Waals surface area contributed by atoms with Crippen molar-refractivity contribution in [1.82, 2.24) is 0 Å². The molecule has 0 spiro atoms. The van der Waals surface area contributed by atoms with Gasteiger partial charge in [0.15, 0.2) is 0 Å². The third-order valence-corrected chi connectivity index (χ3v) is 2.41. The lowest BCUT2D eigenvalue weighted by atomic mass is 10.0. The number of hydrogen-bond acceptors (Lipinski definition) is 4. The van der Waals surface area contributed by atoms with E-state index in [1.807, 2.05) is 30.3 Å². The van der Waals surface area contributed by atoms with E-state index in [2.05, 4.69) is 9.98 Å². The molecule has 0 aliphatic carbocycles. The van der Waals surface area contributed by atoms with Crippen LogP contribution in [-0.2, 0) is 9.59 Å². The van der Waals surface area contributed by atoms with Gasteiger partial charge in [-0.15, -0.1) is 0 Å². The molecule has 4 heteroatoms. The molecule has 0 radical (unpaired) electrons. The van der Waals surface area contributed by atoms with Gasteiger partial charge in [-0.3, -0.25) is 0 Å². The Labute approximate surface area is 103 Å². The van der Waals surface area contributed by atoms with Crippen molar-refractivity contribution in [2.45, 2.75) is 0 Å². The lowest BCUT2D eigenvalue weighted by Gasteiger charge is -2.05. The van der Waals surface area contributed by atoms with Crippen LogP contribution in [0.4, 0.5) is 11.4 Å². The van der Waals surface area contributed by atoms with Gasteiger partial charge < -0.3 is 0 Å². The fraction of sp³-hybridized carbons (Fsp3) is 0. The first-order chi connectivity index (χ1) is 8.85. The van der Waals surface area contributed by atoms with Crippen LogP contribution < -0.4 is 0 Å². The van der Waals surface area contributed by atoms with Crippen molar-refractivity contribution < 1.29 is 9.59 Å². The van der Waals surface area contributed by atoms with E-state index in [0.29, 0.717) is 11.4 Å². The molecule has 0 N–H and O–H groups in total. The highest BCUT2D eigenvalue weighted by atomic mass is 16.1. The van der Waals surface area contributed by atoms with E-state index in [1.165, 1.54) is 12.2 Å². The van der Waals surface area contributed by atoms with Gasteiger partial charge in [0.1, 0.15) is 0 Å². The minimum Gasteiger partial charge on any atom is -0.211 e. The van der Waals surface area contributed by atoms with Crippen LogP contribution in [0.5, 0.6) is 0 Å². The first-order valence-electron chi connectivity index (χ1n) is 5.20. The number of aliphatic imine (C=N–C) groups is 2. The van der Waals surface area contributed by atoms with Crippen LogP contribution in [0.2, 0.25) is 0 Å². The maximum atomic E-state index is 10.4. The van der Waals surface area contributed by atoms with Crippen LogP contribution in [-0.4, -0.2) is 12.2 Å². The summed E-state index contributed by atoms with van der Waals surface area (Å²) in [5.41, 5.74) is 2.56. The van der Waals surface area contributed by atoms with E-state index >= 15 is 0 Å². The van der Waals surface area contributed by atoms with E-state index in [-0.39, 0.29) is 0 Å². The van der Waals surface area contributed by atoms with Gasteiger partial charge in [0.05, 0.1) is 11.4 Å². The Kier molecular flexibility index (Phi) is 3.57. The molecule has 0 aromatic heterocycles. The molecule has 0 fully saturated rings. The minimum atomic E-state index is 0.466. The van der Waals surface area contributed by atoms with Gasteiger partial charge >= 0.3 is 0 Å². The number of nitrogens with zero attached hydrogens (tertiary/aromatic N) is 2. The Morgan fingerprint density at radius 3 is 2.22 bits per heavy atom. The molecule has 0 unspecified atom stereocenters. The van der Waals surface area contributed by atoms with E-state index in [1.54, 1.807) is 18.2 Å². The van der Waals surface area contributed by atoms with Crippen molar-refractivity contribution in [2.24, 2.45) is 9.98 Å². The molecular weight excluding hydrogens is 228 g/mol. The summed E-state index contributed by atoms with van der Waals surface area (Å²) in [6.07, 6.45) is 2.99. The lowest BCUT2D eigenvalue weighted by Crippen LogP contribution is -1.79. The van der Waals surface area contributed by atoms with E-state index in [4.69, 9.17) is 0 Å². The smallest absolute Gasteiger partial charge is 0.211 e. The van der Waals surface area contributed by atoms with Crippen LogP contribution in [0, 0.1) is 0 Å². The standard InChI is InChI=1S/C14H8N2O2/c17-9-15-12-6-7-14(16-10-18)13(8-12)11-4-2-1-3-5-11/h1-8H. The van der Waals surface area contributed by atoms with Crippen molar-refractivity contribution in [3.8, 4) is 11.1 Å². The molecule has 86 valence electrons. The van der Waals surface area contributed by atoms with Gasteiger partial charge in [0, 0.05) is 5.56 Å². The van der Waals surface area contributed by atoms with Crippen molar-refractivity contribution in [3.05, 3.63) is 48.5 Å². The molecule has 0 aliphatic heterocycles. The molecular formula is C14H8N2O2. The molecule has 2 aromatic rings. The lowest BCUT2D eigenvalue weighted by molar-refractivity contribution is 0.564. The van der Waals surface area contributed by atoms with Crippen LogP contribution >= 0.6 is 0 Å². The van der Waals surface area contributed by atoms with Gasteiger partial charge in [-0.2, -0.15) is 9.98 Å². The zero-order valence-corrected chi connectivity index (χ0v) is 9.33. The third-order valence-electron chi connectivity index (χ3n) is 2.41. The Hall–Kier alpha value is -2.80. The van der Waals surface area contributed by atoms with Crippen molar-refractivity contribution in [2.75, 3.05) is 0 Å². The highest BCUT2D eigenvalue weighted by Crippen LogP contribution is 2.33. The zero-order chi connectivity index (χ0) is 12.8. The summed E-state index contributed by atoms with van der Waals surface area (Å²) in [4.78, 5) is 27.8. The monoisotopic (exact) mass is 236 g/mol. The number of benzene rings is 2. The van der Waals surface area contributed by atoms with E-state index in [9.17, 15) is 9.59 Å². The van der Waals surface area contributed by atoms with Gasteiger partial charge in [0.25, 0.3) is 0 Å². The average Bonchev–Trinajstić information content (AvgIpc) is 2.42. The summed E-state index contributed by atoms with van der Waals surface area (Å²) in [6, 6.07) is 14.3. The molecule has 0 saturated carbocycles. The summed E-state index contributed by atoms with van der Waals surface area (Å²) < 4.78 is 0. The quantitative estimate of drug-likeness (QED) is 0.606. The highest BCUT2D eigenvalue weighted by molar-refractivity contribution is 5.80. The fourth-order valence-corrected chi connectivity index (χ4v) is 1.64. The van der Waals surface area contributed by atoms with Crippen molar-refractivity contribution >= 4 is 23.5 Å². The van der Waals surface area contributed by atoms with Crippen molar-refractivity contribution in [3.63, 3.8) is 0 Å². The topological polar surface area (TPSA) is 58.9 Å². The Balaban J connectivity index is 2.64. The Bertz CT molecular complexity index is 653. The number of carbonyl (C=O) groups excluding carboxylic acids is 2. The van der Waals surface area contributed by atoms with Gasteiger partial charge in [0.2, 0.25) is 12.2 Å². The summed E-state index contributed by atoms with van der Waals surface area (Å²) >= 11 is 0. The number of rotatable bonds is 3. The fourth-order valence-electron chi connectivity index (χ4n) is 1.64. The minimum absolute atomic E-state index is 0.466. The average molecular weight is 236 g/mol. The molecule has 18 heavy (non-hydrogen) atoms. The summed E-state index contributed by atoms with van der Waals surface area (Å²) in [5, 5.41) is 0. The molecule has 0 aliphatic rings. The third kappa shape index (κ3) is 2.47. The van der Waals surface area contributed by atoms with Crippen LogP contribution in [0.3, 0.4) is 0 Å². The molecule has 2 rings (SSSR count). The van der Waals surface area contributed by atoms with Crippen molar-refractivity contribution in [1.29, 1.82) is 0 Å². The van der Waals surface area contributed by atoms with Gasteiger partial charge in [-0.25, -0.2) is 9.59 Å². The van der Waals surface area contributed by atoms with Crippen LogP contribution in [0.15, 0.2) is 58.5 Å². The molecule has 0 saturated heterocycles. The Morgan fingerprint density at radius 1 is 0.833 bits per heavy atom. The summed E-state index contributed by atoms with van der Waals surface area (Å²) in [5.74, 6) is 0. The molecule has 4 nitrogen and oxygen atoms in total. The molecule has 2 aromatic carbocycles. The highest BCUT2D eigenvalue weighted by Gasteiger charge is 2.05. The molecule has 0 amide bonds. The molecule has 0 atom stereocenters. The van der Waals surface area contributed by atoms with E-state index < -0.39 is 0 Å². The largest absolute Gasteiger partial charge is 0.240 e. The zero-order valence-electron chi connectivity index (χ0n) is 9.33. The second kappa shape index (κ2) is 5.51. The first kappa shape index (κ1) is 11.7. The van der Waals surface area contributed by atoms with Gasteiger partial charge in [-0.05, 0) is 23.8 Å². The predicted octanol–water partition coefficient (Wildman–Crippen LogP) is 3.29. The SMILES string of the molecule is O=C=Nc1ccc(N=C=O)c(-c2ccccc2)c1. The number of isocyanates is 2. The maximum absolute atomic E-state index is 10.4. The second-order valence-electron chi connectivity index (χ2n) is 3.47. The van der Waals surface area contributed by atoms with E-state index in [0.717, 1.165) is 11.1 Å². The summed E-state index contributed by atoms with van der Waals surface area (Å²) in [7, 11) is 0. The maximum Gasteiger partial charge on any atom is 0.240 e.